The monoisotopic (exact) mass is 272 g/mol. The van der Waals surface area contributed by atoms with E-state index < -0.39 is 0 Å². The molecule has 1 aliphatic rings. The summed E-state index contributed by atoms with van der Waals surface area (Å²) in [6.07, 6.45) is 10.3. The average molecular weight is 272 g/mol. The highest BCUT2D eigenvalue weighted by molar-refractivity contribution is 5.95. The van der Waals surface area contributed by atoms with Crippen LogP contribution < -0.4 is 0 Å². The van der Waals surface area contributed by atoms with Crippen molar-refractivity contribution < 1.29 is 4.79 Å². The highest BCUT2D eigenvalue weighted by Crippen LogP contribution is 2.11. The maximum Gasteiger partial charge on any atom is 0.162 e. The van der Waals surface area contributed by atoms with E-state index in [-0.39, 0.29) is 5.78 Å². The Hall–Kier alpha value is -1.15. The zero-order valence-corrected chi connectivity index (χ0v) is 12.4. The molecule has 0 amide bonds. The number of rotatable bonds is 8. The predicted molar refractivity (Wildman–Crippen MR) is 83.8 cm³/mol. The molecule has 0 aliphatic carbocycles. The summed E-state index contributed by atoms with van der Waals surface area (Å²) in [7, 11) is 0. The number of hydrogen-bond acceptors (Lipinski definition) is 2. The van der Waals surface area contributed by atoms with Gasteiger partial charge in [0.05, 0.1) is 0 Å². The Balaban J connectivity index is 1.50. The van der Waals surface area contributed by atoms with Crippen molar-refractivity contribution in [3.63, 3.8) is 0 Å². The van der Waals surface area contributed by atoms with Crippen LogP contribution in [0.1, 0.15) is 55.3 Å². The fourth-order valence-corrected chi connectivity index (χ4v) is 2.77. The first-order valence-corrected chi connectivity index (χ1v) is 7.98. The summed E-state index contributed by atoms with van der Waals surface area (Å²) < 4.78 is 0. The van der Waals surface area contributed by atoms with Crippen molar-refractivity contribution in [2.24, 2.45) is 0 Å². The molecule has 1 aromatic carbocycles. The summed E-state index contributed by atoms with van der Waals surface area (Å²) in [4.78, 5) is 14.5. The van der Waals surface area contributed by atoms with Crippen molar-refractivity contribution in [2.75, 3.05) is 19.6 Å². The van der Waals surface area contributed by atoms with Crippen molar-refractivity contribution in [2.45, 2.75) is 44.9 Å². The smallest absolute Gasteiger partial charge is 0.162 e. The van der Waals surface area contributed by atoms with E-state index in [0.29, 0.717) is 6.42 Å². The van der Waals surface area contributed by atoms with Crippen LogP contribution in [0.5, 0.6) is 0 Å². The van der Waals surface area contributed by atoms with E-state index in [0.717, 1.165) is 12.0 Å². The number of ketones is 1. The molecule has 1 heterocycles. The van der Waals surface area contributed by atoms with Gasteiger partial charge in [-0.15, -0.1) is 0 Å². The second-order valence-electron chi connectivity index (χ2n) is 5.66. The summed E-state index contributed by atoms with van der Waals surface area (Å²) in [5, 5.41) is 0. The minimum Gasteiger partial charge on any atom is -0.303 e. The number of piperidine rings is 1. The molecule has 109 valence electrons. The zero-order valence-electron chi connectivity index (χ0n) is 12.4. The Morgan fingerprint density at radius 2 is 1.65 bits per heavy atom. The molecule has 0 atom stereocenters. The molecule has 0 N–H and O–H groups in total. The number of benzene rings is 1. The van der Waals surface area contributed by atoms with Gasteiger partial charge in [0, 0.05) is 12.0 Å². The highest BCUT2D eigenvalue weighted by Gasteiger charge is 2.09. The summed E-state index contributed by atoms with van der Waals surface area (Å²) in [6, 6.07) is 9.65. The summed E-state index contributed by atoms with van der Waals surface area (Å²) in [5.74, 6) is 0.289. The van der Waals surface area contributed by atoms with Crippen LogP contribution in [0, 0.1) is 6.42 Å². The van der Waals surface area contributed by atoms with Gasteiger partial charge in [0.25, 0.3) is 0 Å². The third kappa shape index (κ3) is 5.46. The Morgan fingerprint density at radius 3 is 2.40 bits per heavy atom. The van der Waals surface area contributed by atoms with Crippen LogP contribution in [0.4, 0.5) is 0 Å². The van der Waals surface area contributed by atoms with Gasteiger partial charge in [-0.2, -0.15) is 0 Å². The lowest BCUT2D eigenvalue weighted by Crippen LogP contribution is -2.30. The lowest BCUT2D eigenvalue weighted by atomic mass is 10.0. The first-order chi connectivity index (χ1) is 9.86. The van der Waals surface area contributed by atoms with Crippen molar-refractivity contribution in [1.29, 1.82) is 0 Å². The number of Topliss-reactive ketones (excluding diaryl/α,β-unsaturated/α-hetero) is 1. The molecule has 1 radical (unpaired) electrons. The van der Waals surface area contributed by atoms with E-state index in [4.69, 9.17) is 0 Å². The molecular weight excluding hydrogens is 246 g/mol. The van der Waals surface area contributed by atoms with Crippen LogP contribution in [-0.4, -0.2) is 30.3 Å². The molecule has 0 unspecified atom stereocenters. The Kier molecular flexibility index (Phi) is 6.79. The zero-order chi connectivity index (χ0) is 14.0. The first-order valence-electron chi connectivity index (χ1n) is 7.98. The second-order valence-corrected chi connectivity index (χ2v) is 5.66. The summed E-state index contributed by atoms with van der Waals surface area (Å²) in [5.41, 5.74) is 0.858. The molecule has 0 aromatic heterocycles. The Bertz CT molecular complexity index is 382. The number of carbonyl (C=O) groups is 1. The minimum absolute atomic E-state index is 0.289. The molecule has 0 bridgehead atoms. The molecule has 0 saturated carbocycles. The van der Waals surface area contributed by atoms with Crippen molar-refractivity contribution in [3.05, 3.63) is 42.3 Å². The quantitative estimate of drug-likeness (QED) is 0.524. The SMILES string of the molecule is O=C(CCCCCCN1CC[CH]CC1)c1ccccc1. The predicted octanol–water partition coefficient (Wildman–Crippen LogP) is 4.12. The molecule has 0 spiro atoms. The minimum atomic E-state index is 0.289. The molecule has 2 rings (SSSR count). The maximum atomic E-state index is 11.9. The largest absolute Gasteiger partial charge is 0.303 e. The van der Waals surface area contributed by atoms with E-state index in [2.05, 4.69) is 11.3 Å². The maximum absolute atomic E-state index is 11.9. The van der Waals surface area contributed by atoms with E-state index in [1.165, 1.54) is 51.7 Å². The number of nitrogens with zero attached hydrogens (tertiary/aromatic N) is 1. The Morgan fingerprint density at radius 1 is 0.950 bits per heavy atom. The van der Waals surface area contributed by atoms with Crippen LogP contribution in [-0.2, 0) is 0 Å². The van der Waals surface area contributed by atoms with Gasteiger partial charge in [-0.05, 0) is 51.7 Å². The van der Waals surface area contributed by atoms with Crippen LogP contribution >= 0.6 is 0 Å². The van der Waals surface area contributed by atoms with Crippen molar-refractivity contribution in [1.82, 2.24) is 4.90 Å². The third-order valence-electron chi connectivity index (χ3n) is 4.02. The molecule has 20 heavy (non-hydrogen) atoms. The topological polar surface area (TPSA) is 20.3 Å². The lowest BCUT2D eigenvalue weighted by molar-refractivity contribution is 0.0979. The van der Waals surface area contributed by atoms with Gasteiger partial charge in [0.15, 0.2) is 5.78 Å². The molecule has 1 aliphatic heterocycles. The van der Waals surface area contributed by atoms with Gasteiger partial charge in [-0.1, -0.05) is 43.2 Å². The van der Waals surface area contributed by atoms with Gasteiger partial charge >= 0.3 is 0 Å². The third-order valence-corrected chi connectivity index (χ3v) is 4.02. The normalized spacial score (nSPS) is 16.2. The molecule has 2 heteroatoms. The molecule has 1 saturated heterocycles. The summed E-state index contributed by atoms with van der Waals surface area (Å²) >= 11 is 0. The number of likely N-dealkylation sites (tertiary alicyclic amines) is 1. The van der Waals surface area contributed by atoms with Gasteiger partial charge < -0.3 is 4.90 Å². The van der Waals surface area contributed by atoms with E-state index in [1.54, 1.807) is 0 Å². The van der Waals surface area contributed by atoms with Gasteiger partial charge in [0.1, 0.15) is 0 Å². The van der Waals surface area contributed by atoms with Gasteiger partial charge in [0.2, 0.25) is 0 Å². The number of hydrogen-bond donors (Lipinski definition) is 0. The molecular formula is C18H26NO. The fourth-order valence-electron chi connectivity index (χ4n) is 2.77. The van der Waals surface area contributed by atoms with Gasteiger partial charge in [-0.3, -0.25) is 4.79 Å². The highest BCUT2D eigenvalue weighted by atomic mass is 16.1. The molecule has 2 nitrogen and oxygen atoms in total. The van der Waals surface area contributed by atoms with Crippen LogP contribution in [0.2, 0.25) is 0 Å². The first kappa shape index (κ1) is 15.2. The van der Waals surface area contributed by atoms with Crippen molar-refractivity contribution in [3.8, 4) is 0 Å². The fraction of sp³-hybridized carbons (Fsp3) is 0.556. The van der Waals surface area contributed by atoms with E-state index in [1.807, 2.05) is 30.3 Å². The van der Waals surface area contributed by atoms with Crippen LogP contribution in [0.25, 0.3) is 0 Å². The molecule has 1 fully saturated rings. The van der Waals surface area contributed by atoms with Crippen LogP contribution in [0.15, 0.2) is 30.3 Å². The second kappa shape index (κ2) is 8.91. The van der Waals surface area contributed by atoms with E-state index in [9.17, 15) is 4.79 Å². The van der Waals surface area contributed by atoms with Crippen molar-refractivity contribution >= 4 is 5.78 Å². The lowest BCUT2D eigenvalue weighted by Gasteiger charge is -2.26. The number of carbonyl (C=O) groups excluding carboxylic acids is 1. The standard InChI is InChI=1S/C18H26NO/c20-18(17-11-5-3-6-12-17)13-7-1-2-8-14-19-15-9-4-10-16-19/h3-6,11-12H,1-2,7-10,13-16H2. The van der Waals surface area contributed by atoms with Gasteiger partial charge in [-0.25, -0.2) is 0 Å². The van der Waals surface area contributed by atoms with Crippen LogP contribution in [0.3, 0.4) is 0 Å². The number of unbranched alkanes of at least 4 members (excludes halogenated alkanes) is 3. The Labute approximate surface area is 123 Å². The summed E-state index contributed by atoms with van der Waals surface area (Å²) in [6.45, 7) is 3.72. The average Bonchev–Trinajstić information content (AvgIpc) is 2.52. The molecule has 1 aromatic rings. The van der Waals surface area contributed by atoms with E-state index >= 15 is 0 Å².